The third-order valence-corrected chi connectivity index (χ3v) is 8.08. The lowest BCUT2D eigenvalue weighted by atomic mass is 9.59. The second-order valence-corrected chi connectivity index (χ2v) is 10.6. The van der Waals surface area contributed by atoms with Crippen LogP contribution in [0.4, 0.5) is 0 Å². The van der Waals surface area contributed by atoms with E-state index in [0.29, 0.717) is 16.7 Å². The fraction of sp³-hybridized carbons (Fsp3) is 1.00. The van der Waals surface area contributed by atoms with Gasteiger partial charge in [0.05, 0.1) is 0 Å². The van der Waals surface area contributed by atoms with E-state index < -0.39 is 0 Å². The van der Waals surface area contributed by atoms with Crippen LogP contribution in [0.1, 0.15) is 112 Å². The van der Waals surface area contributed by atoms with Gasteiger partial charge in [0.1, 0.15) is 0 Å². The molecule has 0 aliphatic heterocycles. The van der Waals surface area contributed by atoms with E-state index in [1.54, 1.807) is 0 Å². The van der Waals surface area contributed by atoms with Gasteiger partial charge in [-0.15, -0.1) is 0 Å². The number of rotatable bonds is 7. The predicted octanol–water partition coefficient (Wildman–Crippen LogP) is 6.94. The molecule has 0 heterocycles. The molecule has 0 aromatic rings. The van der Waals surface area contributed by atoms with Crippen LogP contribution >= 0.6 is 0 Å². The minimum Gasteiger partial charge on any atom is -0.325 e. The minimum absolute atomic E-state index is 0.00856. The first-order chi connectivity index (χ1) is 11.2. The average molecular weight is 336 g/mol. The topological polar surface area (TPSA) is 26.0 Å². The molecule has 24 heavy (non-hydrogen) atoms. The SMILES string of the molecule is CCCC1(C)CCCC1C(C)(N)C[C@H](CC)[C@@H]1CCCCC1(C)C. The summed E-state index contributed by atoms with van der Waals surface area (Å²) < 4.78 is 0. The molecular weight excluding hydrogens is 290 g/mol. The van der Waals surface area contributed by atoms with Crippen molar-refractivity contribution in [3.63, 3.8) is 0 Å². The van der Waals surface area contributed by atoms with Gasteiger partial charge in [-0.1, -0.05) is 66.7 Å². The zero-order valence-corrected chi connectivity index (χ0v) is 17.6. The van der Waals surface area contributed by atoms with Crippen LogP contribution in [-0.4, -0.2) is 5.54 Å². The van der Waals surface area contributed by atoms with Crippen LogP contribution in [0.5, 0.6) is 0 Å². The van der Waals surface area contributed by atoms with Crippen LogP contribution < -0.4 is 5.73 Å². The Morgan fingerprint density at radius 1 is 1.04 bits per heavy atom. The van der Waals surface area contributed by atoms with Crippen molar-refractivity contribution in [1.29, 1.82) is 0 Å². The Hall–Kier alpha value is -0.0400. The fourth-order valence-electron chi connectivity index (χ4n) is 6.90. The first-order valence-corrected chi connectivity index (χ1v) is 10.9. The maximum atomic E-state index is 7.10. The standard InChI is InChI=1S/C23H45N/c1-7-14-22(5)16-11-13-20(22)23(6,24)17-18(8-2)19-12-9-10-15-21(19,3)4/h18-20H,7-17,24H2,1-6H3/t18-,19-,20?,22?,23?/m0/s1. The Balaban J connectivity index is 2.13. The van der Waals surface area contributed by atoms with Gasteiger partial charge < -0.3 is 5.73 Å². The van der Waals surface area contributed by atoms with Crippen LogP contribution in [0, 0.1) is 28.6 Å². The van der Waals surface area contributed by atoms with E-state index in [2.05, 4.69) is 41.5 Å². The van der Waals surface area contributed by atoms with Crippen LogP contribution in [0.15, 0.2) is 0 Å². The summed E-state index contributed by atoms with van der Waals surface area (Å²) in [4.78, 5) is 0. The largest absolute Gasteiger partial charge is 0.325 e. The lowest BCUT2D eigenvalue weighted by Gasteiger charge is -2.48. The van der Waals surface area contributed by atoms with E-state index in [9.17, 15) is 0 Å². The summed E-state index contributed by atoms with van der Waals surface area (Å²) in [5, 5.41) is 0. The van der Waals surface area contributed by atoms with E-state index in [1.807, 2.05) is 0 Å². The predicted molar refractivity (Wildman–Crippen MR) is 107 cm³/mol. The molecular formula is C23H45N. The van der Waals surface area contributed by atoms with Crippen molar-refractivity contribution in [3.05, 3.63) is 0 Å². The maximum absolute atomic E-state index is 7.10. The van der Waals surface area contributed by atoms with Gasteiger partial charge in [-0.3, -0.25) is 0 Å². The first kappa shape index (κ1) is 20.3. The minimum atomic E-state index is 0.00856. The molecule has 0 aromatic heterocycles. The van der Waals surface area contributed by atoms with Gasteiger partial charge in [-0.25, -0.2) is 0 Å². The summed E-state index contributed by atoms with van der Waals surface area (Å²) in [5.74, 6) is 2.39. The molecule has 0 amide bonds. The highest BCUT2D eigenvalue weighted by Gasteiger charge is 2.48. The van der Waals surface area contributed by atoms with E-state index >= 15 is 0 Å². The van der Waals surface area contributed by atoms with Crippen LogP contribution in [0.2, 0.25) is 0 Å². The molecule has 2 aliphatic rings. The first-order valence-electron chi connectivity index (χ1n) is 10.9. The van der Waals surface area contributed by atoms with Crippen molar-refractivity contribution in [1.82, 2.24) is 0 Å². The van der Waals surface area contributed by atoms with Gasteiger partial charge in [0.2, 0.25) is 0 Å². The van der Waals surface area contributed by atoms with E-state index in [0.717, 1.165) is 11.8 Å². The summed E-state index contributed by atoms with van der Waals surface area (Å²) in [5.41, 5.74) is 8.10. The monoisotopic (exact) mass is 335 g/mol. The molecule has 3 unspecified atom stereocenters. The van der Waals surface area contributed by atoms with E-state index in [4.69, 9.17) is 5.73 Å². The Labute approximate surface area is 152 Å². The summed E-state index contributed by atoms with van der Waals surface area (Å²) in [6.45, 7) is 14.7. The molecule has 0 saturated heterocycles. The summed E-state index contributed by atoms with van der Waals surface area (Å²) >= 11 is 0. The van der Waals surface area contributed by atoms with Crippen molar-refractivity contribution in [2.75, 3.05) is 0 Å². The smallest absolute Gasteiger partial charge is 0.0162 e. The Morgan fingerprint density at radius 2 is 1.75 bits per heavy atom. The van der Waals surface area contributed by atoms with Gasteiger partial charge in [0.25, 0.3) is 0 Å². The zero-order chi connectivity index (χ0) is 18.0. The van der Waals surface area contributed by atoms with Crippen LogP contribution in [0.25, 0.3) is 0 Å². The molecule has 2 N–H and O–H groups in total. The fourth-order valence-corrected chi connectivity index (χ4v) is 6.90. The van der Waals surface area contributed by atoms with Gasteiger partial charge in [-0.05, 0) is 74.0 Å². The molecule has 2 aliphatic carbocycles. The highest BCUT2D eigenvalue weighted by atomic mass is 14.8. The molecule has 1 heteroatoms. The molecule has 0 bridgehead atoms. The van der Waals surface area contributed by atoms with Crippen molar-refractivity contribution in [2.24, 2.45) is 34.3 Å². The van der Waals surface area contributed by atoms with Crippen molar-refractivity contribution >= 4 is 0 Å². The second-order valence-electron chi connectivity index (χ2n) is 10.6. The average Bonchev–Trinajstić information content (AvgIpc) is 2.87. The lowest BCUT2D eigenvalue weighted by Crippen LogP contribution is -2.51. The Bertz CT molecular complexity index is 397. The highest BCUT2D eigenvalue weighted by Crippen LogP contribution is 2.54. The summed E-state index contributed by atoms with van der Waals surface area (Å²) in [7, 11) is 0. The summed E-state index contributed by atoms with van der Waals surface area (Å²) in [6, 6.07) is 0. The molecule has 2 rings (SSSR count). The third-order valence-electron chi connectivity index (χ3n) is 8.08. The van der Waals surface area contributed by atoms with Gasteiger partial charge >= 0.3 is 0 Å². The maximum Gasteiger partial charge on any atom is 0.0162 e. The molecule has 5 atom stereocenters. The van der Waals surface area contributed by atoms with Crippen LogP contribution in [0.3, 0.4) is 0 Å². The van der Waals surface area contributed by atoms with Crippen LogP contribution in [-0.2, 0) is 0 Å². The zero-order valence-electron chi connectivity index (χ0n) is 17.6. The van der Waals surface area contributed by atoms with Crippen molar-refractivity contribution in [3.8, 4) is 0 Å². The Kier molecular flexibility index (Phi) is 6.49. The molecule has 2 saturated carbocycles. The number of hydrogen-bond acceptors (Lipinski definition) is 1. The summed E-state index contributed by atoms with van der Waals surface area (Å²) in [6.07, 6.45) is 15.0. The molecule has 0 radical (unpaired) electrons. The molecule has 2 fully saturated rings. The van der Waals surface area contributed by atoms with Gasteiger partial charge in [-0.2, -0.15) is 0 Å². The Morgan fingerprint density at radius 3 is 2.33 bits per heavy atom. The van der Waals surface area contributed by atoms with Crippen molar-refractivity contribution < 1.29 is 0 Å². The number of hydrogen-bond donors (Lipinski definition) is 1. The molecule has 142 valence electrons. The number of nitrogens with two attached hydrogens (primary N) is 1. The van der Waals surface area contributed by atoms with Crippen molar-refractivity contribution in [2.45, 2.75) is 118 Å². The van der Waals surface area contributed by atoms with E-state index in [1.165, 1.54) is 70.6 Å². The highest BCUT2D eigenvalue weighted by molar-refractivity contribution is 5.02. The normalized spacial score (nSPS) is 37.1. The second kappa shape index (κ2) is 7.68. The molecule has 1 nitrogen and oxygen atoms in total. The lowest BCUT2D eigenvalue weighted by molar-refractivity contribution is 0.0396. The third kappa shape index (κ3) is 4.19. The van der Waals surface area contributed by atoms with Gasteiger partial charge in [0, 0.05) is 5.54 Å². The molecule has 0 aromatic carbocycles. The quantitative estimate of drug-likeness (QED) is 0.535. The van der Waals surface area contributed by atoms with Gasteiger partial charge in [0.15, 0.2) is 0 Å². The molecule has 0 spiro atoms. The van der Waals surface area contributed by atoms with E-state index in [-0.39, 0.29) is 5.54 Å².